The summed E-state index contributed by atoms with van der Waals surface area (Å²) in [7, 11) is 2.66. The second-order valence-corrected chi connectivity index (χ2v) is 4.52. The normalized spacial score (nSPS) is 10.8. The summed E-state index contributed by atoms with van der Waals surface area (Å²) < 4.78 is 16.6. The van der Waals surface area contributed by atoms with E-state index in [1.807, 2.05) is 25.1 Å². The van der Waals surface area contributed by atoms with Gasteiger partial charge in [0.25, 0.3) is 0 Å². The van der Waals surface area contributed by atoms with Crippen molar-refractivity contribution in [2.75, 3.05) is 14.2 Å². The number of ether oxygens (including phenoxy) is 3. The summed E-state index contributed by atoms with van der Waals surface area (Å²) in [5.41, 5.74) is 1.81. The van der Waals surface area contributed by atoms with E-state index < -0.39 is 5.97 Å². The van der Waals surface area contributed by atoms with Crippen molar-refractivity contribution in [3.05, 3.63) is 53.7 Å². The Morgan fingerprint density at radius 1 is 1.35 bits per heavy atom. The highest BCUT2D eigenvalue weighted by molar-refractivity contribution is 5.86. The lowest BCUT2D eigenvalue weighted by Crippen LogP contribution is -2.12. The monoisotopic (exact) mass is 313 g/mol. The molecule has 7 nitrogen and oxygen atoms in total. The molecule has 0 aliphatic heterocycles. The largest absolute Gasteiger partial charge is 0.500 e. The number of hydrogen-bond acceptors (Lipinski definition) is 6. The van der Waals surface area contributed by atoms with E-state index in [0.29, 0.717) is 17.1 Å². The molecule has 2 rings (SSSR count). The third-order valence-corrected chi connectivity index (χ3v) is 2.97. The van der Waals surface area contributed by atoms with Gasteiger partial charge in [-0.2, -0.15) is 10.4 Å². The fourth-order valence-electron chi connectivity index (χ4n) is 1.81. The van der Waals surface area contributed by atoms with Gasteiger partial charge in [-0.3, -0.25) is 0 Å². The minimum Gasteiger partial charge on any atom is -0.500 e. The molecule has 0 radical (unpaired) electrons. The van der Waals surface area contributed by atoms with Crippen LogP contribution in [0.1, 0.15) is 11.3 Å². The van der Waals surface area contributed by atoms with Gasteiger partial charge in [0.15, 0.2) is 5.69 Å². The summed E-state index contributed by atoms with van der Waals surface area (Å²) >= 11 is 0. The van der Waals surface area contributed by atoms with Crippen LogP contribution in [-0.2, 0) is 14.3 Å². The van der Waals surface area contributed by atoms with Crippen molar-refractivity contribution in [3.63, 3.8) is 0 Å². The first kappa shape index (κ1) is 16.1. The molecule has 0 unspecified atom stereocenters. The van der Waals surface area contributed by atoms with Gasteiger partial charge in [0.2, 0.25) is 5.76 Å². The fraction of sp³-hybridized carbons (Fsp3) is 0.188. The second kappa shape index (κ2) is 7.13. The maximum Gasteiger partial charge on any atom is 0.377 e. The summed E-state index contributed by atoms with van der Waals surface area (Å²) in [4.78, 5) is 11.7. The van der Waals surface area contributed by atoms with E-state index in [-0.39, 0.29) is 5.76 Å². The summed E-state index contributed by atoms with van der Waals surface area (Å²) in [6, 6.07) is 8.92. The van der Waals surface area contributed by atoms with Crippen LogP contribution in [0, 0.1) is 18.3 Å². The molecule has 118 valence electrons. The number of methoxy groups -OCH3 is 2. The maximum absolute atomic E-state index is 11.7. The molecule has 23 heavy (non-hydrogen) atoms. The first-order valence-corrected chi connectivity index (χ1v) is 6.65. The van der Waals surface area contributed by atoms with E-state index in [9.17, 15) is 4.79 Å². The third kappa shape index (κ3) is 3.68. The van der Waals surface area contributed by atoms with E-state index in [1.165, 1.54) is 20.5 Å². The number of carbonyl (C=O) groups is 1. The summed E-state index contributed by atoms with van der Waals surface area (Å²) in [6.07, 6.45) is 2.83. The van der Waals surface area contributed by atoms with Crippen LogP contribution in [0.4, 0.5) is 0 Å². The predicted octanol–water partition coefficient (Wildman–Crippen LogP) is 2.09. The second-order valence-electron chi connectivity index (χ2n) is 4.52. The lowest BCUT2D eigenvalue weighted by atomic mass is 10.2. The standard InChI is InChI=1S/C16H15N3O4/c1-11-4-5-13(19-7-6-12(9-17)18-19)8-14(11)23-15(10-21-2)16(20)22-3/h4-8,10H,1-3H3/b15-10-. The van der Waals surface area contributed by atoms with Crippen LogP contribution >= 0.6 is 0 Å². The number of hydrogen-bond donors (Lipinski definition) is 0. The van der Waals surface area contributed by atoms with Gasteiger partial charge in [0, 0.05) is 12.3 Å². The lowest BCUT2D eigenvalue weighted by Gasteiger charge is -2.12. The smallest absolute Gasteiger partial charge is 0.377 e. The molecule has 1 aromatic heterocycles. The van der Waals surface area contributed by atoms with Gasteiger partial charge in [-0.15, -0.1) is 0 Å². The topological polar surface area (TPSA) is 86.4 Å². The summed E-state index contributed by atoms with van der Waals surface area (Å²) in [6.45, 7) is 1.84. The van der Waals surface area contributed by atoms with Gasteiger partial charge in [0.05, 0.1) is 19.9 Å². The predicted molar refractivity (Wildman–Crippen MR) is 80.8 cm³/mol. The first-order valence-electron chi connectivity index (χ1n) is 6.65. The summed E-state index contributed by atoms with van der Waals surface area (Å²) in [5.74, 6) is -0.277. The molecule has 0 N–H and O–H groups in total. The Labute approximate surface area is 133 Å². The van der Waals surface area contributed by atoms with Crippen LogP contribution in [0.3, 0.4) is 0 Å². The number of benzene rings is 1. The number of nitrogens with zero attached hydrogens (tertiary/aromatic N) is 3. The van der Waals surface area contributed by atoms with Crippen molar-refractivity contribution < 1.29 is 19.0 Å². The Hall–Kier alpha value is -3.27. The maximum atomic E-state index is 11.7. The van der Waals surface area contributed by atoms with Crippen molar-refractivity contribution in [2.24, 2.45) is 0 Å². The minimum atomic E-state index is -0.650. The van der Waals surface area contributed by atoms with Crippen LogP contribution < -0.4 is 4.74 Å². The number of aryl methyl sites for hydroxylation is 1. The lowest BCUT2D eigenvalue weighted by molar-refractivity contribution is -0.138. The molecule has 0 saturated heterocycles. The molecule has 0 aliphatic rings. The number of rotatable bonds is 5. The highest BCUT2D eigenvalue weighted by Crippen LogP contribution is 2.24. The zero-order valence-electron chi connectivity index (χ0n) is 12.9. The van der Waals surface area contributed by atoms with E-state index in [0.717, 1.165) is 5.56 Å². The number of nitriles is 1. The molecule has 0 amide bonds. The van der Waals surface area contributed by atoms with Crippen LogP contribution in [0.2, 0.25) is 0 Å². The van der Waals surface area contributed by atoms with Gasteiger partial charge in [0.1, 0.15) is 18.1 Å². The Balaban J connectivity index is 2.35. The SMILES string of the molecule is CO/C=C(\Oc1cc(-n2ccc(C#N)n2)ccc1C)C(=O)OC. The number of aromatic nitrogens is 2. The van der Waals surface area contributed by atoms with Crippen LogP contribution in [0.5, 0.6) is 5.75 Å². The molecular weight excluding hydrogens is 298 g/mol. The average Bonchev–Trinajstić information content (AvgIpc) is 3.04. The molecule has 1 heterocycles. The number of esters is 1. The van der Waals surface area contributed by atoms with E-state index in [4.69, 9.17) is 14.7 Å². The van der Waals surface area contributed by atoms with Crippen molar-refractivity contribution in [1.29, 1.82) is 5.26 Å². The van der Waals surface area contributed by atoms with Gasteiger partial charge in [-0.1, -0.05) is 6.07 Å². The van der Waals surface area contributed by atoms with E-state index in [2.05, 4.69) is 9.84 Å². The molecule has 7 heteroatoms. The Bertz CT molecular complexity index is 787. The first-order chi connectivity index (χ1) is 11.1. The molecule has 0 aliphatic carbocycles. The van der Waals surface area contributed by atoms with E-state index >= 15 is 0 Å². The Morgan fingerprint density at radius 2 is 2.13 bits per heavy atom. The van der Waals surface area contributed by atoms with Crippen molar-refractivity contribution in [1.82, 2.24) is 9.78 Å². The molecule has 0 spiro atoms. The quantitative estimate of drug-likeness (QED) is 0.477. The van der Waals surface area contributed by atoms with Crippen LogP contribution in [0.25, 0.3) is 5.69 Å². The van der Waals surface area contributed by atoms with Crippen molar-refractivity contribution in [2.45, 2.75) is 6.92 Å². The zero-order chi connectivity index (χ0) is 16.8. The van der Waals surface area contributed by atoms with Gasteiger partial charge in [-0.05, 0) is 24.6 Å². The highest BCUT2D eigenvalue weighted by atomic mass is 16.6. The molecule has 1 aromatic carbocycles. The average molecular weight is 313 g/mol. The molecular formula is C16H15N3O4. The fourth-order valence-corrected chi connectivity index (χ4v) is 1.81. The van der Waals surface area contributed by atoms with Crippen LogP contribution in [0.15, 0.2) is 42.5 Å². The van der Waals surface area contributed by atoms with Gasteiger partial charge in [-0.25, -0.2) is 9.48 Å². The van der Waals surface area contributed by atoms with Crippen molar-refractivity contribution in [3.8, 4) is 17.5 Å². The zero-order valence-corrected chi connectivity index (χ0v) is 12.9. The minimum absolute atomic E-state index is 0.0755. The van der Waals surface area contributed by atoms with Crippen LogP contribution in [-0.4, -0.2) is 30.0 Å². The molecule has 0 fully saturated rings. The third-order valence-electron chi connectivity index (χ3n) is 2.97. The molecule has 2 aromatic rings. The molecule has 0 atom stereocenters. The van der Waals surface area contributed by atoms with Gasteiger partial charge >= 0.3 is 5.97 Å². The summed E-state index contributed by atoms with van der Waals surface area (Å²) in [5, 5.41) is 12.9. The van der Waals surface area contributed by atoms with E-state index in [1.54, 1.807) is 23.0 Å². The number of carbonyl (C=O) groups excluding carboxylic acids is 1. The van der Waals surface area contributed by atoms with Crippen molar-refractivity contribution >= 4 is 5.97 Å². The molecule has 0 bridgehead atoms. The molecule has 0 saturated carbocycles. The Morgan fingerprint density at radius 3 is 2.74 bits per heavy atom. The highest BCUT2D eigenvalue weighted by Gasteiger charge is 2.15. The Kier molecular flexibility index (Phi) is 5.00. The van der Waals surface area contributed by atoms with Gasteiger partial charge < -0.3 is 14.2 Å².